The fourth-order valence-electron chi connectivity index (χ4n) is 4.64. The molecule has 3 atom stereocenters. The molecular weight excluding hydrogens is 284 g/mol. The third-order valence-electron chi connectivity index (χ3n) is 5.84. The van der Waals surface area contributed by atoms with Gasteiger partial charge in [-0.3, -0.25) is 4.90 Å². The van der Waals surface area contributed by atoms with Gasteiger partial charge in [-0.25, -0.2) is 0 Å². The van der Waals surface area contributed by atoms with Gasteiger partial charge in [0.1, 0.15) is 5.75 Å². The lowest BCUT2D eigenvalue weighted by atomic mass is 9.77. The second-order valence-electron chi connectivity index (χ2n) is 8.02. The molecule has 1 aromatic rings. The highest BCUT2D eigenvalue weighted by Gasteiger charge is 2.39. The molecule has 126 valence electrons. The first-order valence-corrected chi connectivity index (χ1v) is 9.44. The first kappa shape index (κ1) is 15.5. The van der Waals surface area contributed by atoms with Crippen LogP contribution in [-0.4, -0.2) is 37.2 Å². The summed E-state index contributed by atoms with van der Waals surface area (Å²) in [5, 5.41) is 3.78. The van der Waals surface area contributed by atoms with E-state index in [0.717, 1.165) is 24.3 Å². The van der Waals surface area contributed by atoms with E-state index in [0.29, 0.717) is 12.0 Å². The van der Waals surface area contributed by atoms with E-state index in [2.05, 4.69) is 42.3 Å². The van der Waals surface area contributed by atoms with Crippen molar-refractivity contribution in [2.75, 3.05) is 26.2 Å². The molecule has 3 nitrogen and oxygen atoms in total. The van der Waals surface area contributed by atoms with Gasteiger partial charge in [0.15, 0.2) is 0 Å². The summed E-state index contributed by atoms with van der Waals surface area (Å²) in [5.41, 5.74) is 3.07. The fraction of sp³-hybridized carbons (Fsp3) is 0.700. The number of nitrogens with zero attached hydrogens (tertiary/aromatic N) is 1. The number of rotatable bonds is 3. The smallest absolute Gasteiger partial charge is 0.119 e. The third kappa shape index (κ3) is 3.14. The van der Waals surface area contributed by atoms with Crippen LogP contribution in [0.25, 0.3) is 0 Å². The summed E-state index contributed by atoms with van der Waals surface area (Å²) in [6.45, 7) is 8.92. The Labute approximate surface area is 140 Å². The fourth-order valence-corrected chi connectivity index (χ4v) is 4.64. The van der Waals surface area contributed by atoms with Gasteiger partial charge in [0, 0.05) is 25.2 Å². The van der Waals surface area contributed by atoms with Crippen LogP contribution in [0.5, 0.6) is 5.75 Å². The number of benzene rings is 1. The minimum absolute atomic E-state index is 0.578. The lowest BCUT2D eigenvalue weighted by Crippen LogP contribution is -2.54. The molecule has 3 aliphatic heterocycles. The minimum atomic E-state index is 0.578. The van der Waals surface area contributed by atoms with E-state index in [1.54, 1.807) is 5.56 Å². The molecule has 0 spiro atoms. The first-order valence-electron chi connectivity index (χ1n) is 9.44. The van der Waals surface area contributed by atoms with Crippen molar-refractivity contribution < 1.29 is 4.74 Å². The number of hydrogen-bond acceptors (Lipinski definition) is 3. The van der Waals surface area contributed by atoms with Crippen LogP contribution in [0.4, 0.5) is 0 Å². The van der Waals surface area contributed by atoms with E-state index in [1.165, 1.54) is 50.9 Å². The second-order valence-corrected chi connectivity index (χ2v) is 8.02. The summed E-state index contributed by atoms with van der Waals surface area (Å²) in [6.07, 6.45) is 5.22. The van der Waals surface area contributed by atoms with Gasteiger partial charge in [-0.05, 0) is 67.3 Å². The predicted octanol–water partition coefficient (Wildman–Crippen LogP) is 3.39. The largest absolute Gasteiger partial charge is 0.493 e. The Balaban J connectivity index is 1.52. The van der Waals surface area contributed by atoms with Gasteiger partial charge in [-0.15, -0.1) is 0 Å². The van der Waals surface area contributed by atoms with Crippen LogP contribution in [0.1, 0.15) is 50.3 Å². The minimum Gasteiger partial charge on any atom is -0.493 e. The Morgan fingerprint density at radius 3 is 3.13 bits per heavy atom. The summed E-state index contributed by atoms with van der Waals surface area (Å²) in [5.74, 6) is 2.50. The molecule has 0 aromatic heterocycles. The molecule has 3 heterocycles. The monoisotopic (exact) mass is 314 g/mol. The molecule has 0 aliphatic carbocycles. The first-order chi connectivity index (χ1) is 11.2. The van der Waals surface area contributed by atoms with Crippen LogP contribution in [-0.2, 0) is 6.42 Å². The molecule has 0 radical (unpaired) electrons. The standard InChI is InChI=1S/C20H30N2O/c1-14(2)13-23-17-5-6-18-15(10-17)7-9-22-12-16-4-3-8-21-19(16)11-20(18)22/h5-6,10,14,16,19-21H,3-4,7-9,11-13H2,1-2H3. The van der Waals surface area contributed by atoms with E-state index < -0.39 is 0 Å². The molecule has 23 heavy (non-hydrogen) atoms. The summed E-state index contributed by atoms with van der Waals surface area (Å²) >= 11 is 0. The Bertz CT molecular complexity index is 557. The van der Waals surface area contributed by atoms with Gasteiger partial charge < -0.3 is 10.1 Å². The highest BCUT2D eigenvalue weighted by molar-refractivity contribution is 5.39. The lowest BCUT2D eigenvalue weighted by molar-refractivity contribution is 0.0551. The van der Waals surface area contributed by atoms with Gasteiger partial charge >= 0.3 is 0 Å². The van der Waals surface area contributed by atoms with Crippen molar-refractivity contribution in [2.45, 2.75) is 51.6 Å². The van der Waals surface area contributed by atoms with Crippen LogP contribution < -0.4 is 10.1 Å². The Kier molecular flexibility index (Phi) is 4.33. The molecule has 3 unspecified atom stereocenters. The van der Waals surface area contributed by atoms with E-state index in [1.807, 2.05) is 0 Å². The number of nitrogens with one attached hydrogen (secondary N) is 1. The van der Waals surface area contributed by atoms with Crippen molar-refractivity contribution in [3.63, 3.8) is 0 Å². The number of piperidine rings is 2. The maximum atomic E-state index is 5.93. The third-order valence-corrected chi connectivity index (χ3v) is 5.84. The average molecular weight is 314 g/mol. The van der Waals surface area contributed by atoms with Crippen molar-refractivity contribution >= 4 is 0 Å². The van der Waals surface area contributed by atoms with Crippen LogP contribution in [0.2, 0.25) is 0 Å². The molecule has 0 amide bonds. The summed E-state index contributed by atoms with van der Waals surface area (Å²) in [7, 11) is 0. The van der Waals surface area contributed by atoms with Gasteiger partial charge in [-0.1, -0.05) is 19.9 Å². The molecular formula is C20H30N2O. The molecule has 2 saturated heterocycles. The van der Waals surface area contributed by atoms with E-state index >= 15 is 0 Å². The van der Waals surface area contributed by atoms with Crippen molar-refractivity contribution in [1.29, 1.82) is 0 Å². The maximum absolute atomic E-state index is 5.93. The van der Waals surface area contributed by atoms with Gasteiger partial charge in [0.25, 0.3) is 0 Å². The Hall–Kier alpha value is -1.06. The lowest BCUT2D eigenvalue weighted by Gasteiger charge is -2.49. The molecule has 4 rings (SSSR count). The molecule has 0 saturated carbocycles. The normalized spacial score (nSPS) is 30.5. The zero-order chi connectivity index (χ0) is 15.8. The predicted molar refractivity (Wildman–Crippen MR) is 93.9 cm³/mol. The number of fused-ring (bicyclic) bond motifs is 4. The average Bonchev–Trinajstić information content (AvgIpc) is 2.58. The van der Waals surface area contributed by atoms with Crippen molar-refractivity contribution in [2.24, 2.45) is 11.8 Å². The van der Waals surface area contributed by atoms with Crippen LogP contribution in [0, 0.1) is 11.8 Å². The van der Waals surface area contributed by atoms with Gasteiger partial charge in [0.05, 0.1) is 6.61 Å². The summed E-state index contributed by atoms with van der Waals surface area (Å²) in [4.78, 5) is 2.74. The van der Waals surface area contributed by atoms with Crippen molar-refractivity contribution in [3.8, 4) is 5.75 Å². The number of ether oxygens (including phenoxy) is 1. The quantitative estimate of drug-likeness (QED) is 0.925. The molecule has 3 aliphatic rings. The topological polar surface area (TPSA) is 24.5 Å². The van der Waals surface area contributed by atoms with Crippen molar-refractivity contribution in [1.82, 2.24) is 10.2 Å². The maximum Gasteiger partial charge on any atom is 0.119 e. The Morgan fingerprint density at radius 2 is 2.26 bits per heavy atom. The zero-order valence-electron chi connectivity index (χ0n) is 14.6. The van der Waals surface area contributed by atoms with E-state index in [-0.39, 0.29) is 0 Å². The number of hydrogen-bond donors (Lipinski definition) is 1. The molecule has 3 heteroatoms. The van der Waals surface area contributed by atoms with Crippen LogP contribution >= 0.6 is 0 Å². The van der Waals surface area contributed by atoms with Gasteiger partial charge in [0.2, 0.25) is 0 Å². The highest BCUT2D eigenvalue weighted by Crippen LogP contribution is 2.41. The van der Waals surface area contributed by atoms with Crippen LogP contribution in [0.15, 0.2) is 18.2 Å². The zero-order valence-corrected chi connectivity index (χ0v) is 14.6. The highest BCUT2D eigenvalue weighted by atomic mass is 16.5. The SMILES string of the molecule is CC(C)COc1ccc2c(c1)CCN1CC3CCCNC3CC21. The molecule has 0 bridgehead atoms. The molecule has 1 N–H and O–H groups in total. The molecule has 2 fully saturated rings. The van der Waals surface area contributed by atoms with Crippen LogP contribution in [0.3, 0.4) is 0 Å². The van der Waals surface area contributed by atoms with Gasteiger partial charge in [-0.2, -0.15) is 0 Å². The summed E-state index contributed by atoms with van der Waals surface area (Å²) < 4.78 is 5.93. The molecule has 1 aromatic carbocycles. The second kappa shape index (κ2) is 6.45. The Morgan fingerprint density at radius 1 is 1.35 bits per heavy atom. The van der Waals surface area contributed by atoms with Crippen molar-refractivity contribution in [3.05, 3.63) is 29.3 Å². The van der Waals surface area contributed by atoms with E-state index in [9.17, 15) is 0 Å². The van der Waals surface area contributed by atoms with E-state index in [4.69, 9.17) is 4.74 Å². The summed E-state index contributed by atoms with van der Waals surface area (Å²) in [6, 6.07) is 8.17.